The number of hydrogen-bond donors (Lipinski definition) is 0. The van der Waals surface area contributed by atoms with Gasteiger partial charge in [0.15, 0.2) is 0 Å². The fourth-order valence-electron chi connectivity index (χ4n) is 5.52. The lowest BCUT2D eigenvalue weighted by Crippen LogP contribution is -2.42. The molecule has 1 unspecified atom stereocenters. The van der Waals surface area contributed by atoms with Crippen LogP contribution in [0.15, 0.2) is 54.6 Å². The van der Waals surface area contributed by atoms with Crippen molar-refractivity contribution in [1.82, 2.24) is 0 Å². The van der Waals surface area contributed by atoms with Crippen molar-refractivity contribution >= 4 is 19.0 Å². The van der Waals surface area contributed by atoms with Crippen LogP contribution in [0.4, 0.5) is 0 Å². The van der Waals surface area contributed by atoms with E-state index in [9.17, 15) is 4.79 Å². The van der Waals surface area contributed by atoms with Crippen LogP contribution >= 0.6 is 0 Å². The van der Waals surface area contributed by atoms with Gasteiger partial charge >= 0.3 is 0 Å². The summed E-state index contributed by atoms with van der Waals surface area (Å²) >= 11 is 0. The first-order valence-electron chi connectivity index (χ1n) is 10.3. The minimum absolute atomic E-state index is 0.0746. The monoisotopic (exact) mass is 378 g/mol. The van der Waals surface area contributed by atoms with Gasteiger partial charge in [0.05, 0.1) is 14.7 Å². The third kappa shape index (κ3) is 3.81. The highest BCUT2D eigenvalue weighted by atomic mass is 28.3. The smallest absolute Gasteiger partial charge is 0.133 e. The second-order valence-corrected chi connectivity index (χ2v) is 13.3. The Morgan fingerprint density at radius 2 is 1.85 bits per heavy atom. The quantitative estimate of drug-likeness (QED) is 0.524. The summed E-state index contributed by atoms with van der Waals surface area (Å²) in [6, 6.07) is 21.9. The molecule has 2 nitrogen and oxygen atoms in total. The van der Waals surface area contributed by atoms with E-state index in [4.69, 9.17) is 4.74 Å². The summed E-state index contributed by atoms with van der Waals surface area (Å²) < 4.78 is 5.94. The third-order valence-electron chi connectivity index (χ3n) is 6.65. The molecule has 1 fully saturated rings. The Bertz CT molecular complexity index is 803. The molecule has 1 saturated heterocycles. The highest BCUT2D eigenvalue weighted by Crippen LogP contribution is 2.49. The molecule has 2 atom stereocenters. The Morgan fingerprint density at radius 1 is 1.07 bits per heavy atom. The molecule has 2 aromatic rings. The van der Waals surface area contributed by atoms with Crippen molar-refractivity contribution in [2.24, 2.45) is 0 Å². The molecular weight excluding hydrogens is 348 g/mol. The molecular formula is C24H30O2Si. The topological polar surface area (TPSA) is 26.3 Å². The number of ether oxygens (including phenoxy) is 1. The summed E-state index contributed by atoms with van der Waals surface area (Å²) in [7, 11) is -1.46. The van der Waals surface area contributed by atoms with Crippen molar-refractivity contribution in [3.8, 4) is 0 Å². The average Bonchev–Trinajstić information content (AvgIpc) is 2.92. The fraction of sp³-hybridized carbons (Fsp3) is 0.458. The van der Waals surface area contributed by atoms with Crippen LogP contribution in [-0.4, -0.2) is 20.5 Å². The second-order valence-electron chi connectivity index (χ2n) is 8.77. The molecule has 2 bridgehead atoms. The van der Waals surface area contributed by atoms with Crippen LogP contribution in [0.5, 0.6) is 0 Å². The number of rotatable bonds is 6. The van der Waals surface area contributed by atoms with Crippen molar-refractivity contribution < 1.29 is 9.53 Å². The molecule has 2 aliphatic rings. The zero-order valence-electron chi connectivity index (χ0n) is 16.4. The molecule has 0 N–H and O–H groups in total. The van der Waals surface area contributed by atoms with E-state index in [2.05, 4.69) is 55.1 Å². The fourth-order valence-corrected chi connectivity index (χ4v) is 10.6. The summed E-state index contributed by atoms with van der Waals surface area (Å²) in [5.41, 5.74) is 2.80. The van der Waals surface area contributed by atoms with Crippen LogP contribution in [0.2, 0.25) is 18.6 Å². The number of hydrogen-bond acceptors (Lipinski definition) is 2. The van der Waals surface area contributed by atoms with Gasteiger partial charge in [-0.05, 0) is 36.4 Å². The van der Waals surface area contributed by atoms with Crippen LogP contribution in [0.25, 0.3) is 0 Å². The van der Waals surface area contributed by atoms with Gasteiger partial charge < -0.3 is 4.74 Å². The van der Waals surface area contributed by atoms with Crippen LogP contribution in [-0.2, 0) is 21.6 Å². The summed E-state index contributed by atoms with van der Waals surface area (Å²) in [6.45, 7) is 4.00. The number of fused-ring (bicyclic) bond motifs is 5. The van der Waals surface area contributed by atoms with Crippen molar-refractivity contribution in [2.75, 3.05) is 6.61 Å². The normalized spacial score (nSPS) is 27.1. The first-order valence-corrected chi connectivity index (χ1v) is 13.3. The van der Waals surface area contributed by atoms with E-state index in [-0.39, 0.29) is 5.41 Å². The highest BCUT2D eigenvalue weighted by Gasteiger charge is 2.51. The van der Waals surface area contributed by atoms with Crippen LogP contribution in [0.3, 0.4) is 0 Å². The lowest BCUT2D eigenvalue weighted by Gasteiger charge is -2.34. The van der Waals surface area contributed by atoms with E-state index in [1.165, 1.54) is 23.2 Å². The van der Waals surface area contributed by atoms with Gasteiger partial charge in [0, 0.05) is 24.9 Å². The molecule has 0 radical (unpaired) electrons. The Kier molecular flexibility index (Phi) is 5.33. The zero-order chi connectivity index (χ0) is 18.7. The molecule has 142 valence electrons. The van der Waals surface area contributed by atoms with Gasteiger partial charge in [0.2, 0.25) is 0 Å². The van der Waals surface area contributed by atoms with E-state index in [1.54, 1.807) is 5.19 Å². The molecule has 2 aromatic carbocycles. The maximum absolute atomic E-state index is 12.6. The van der Waals surface area contributed by atoms with E-state index in [0.29, 0.717) is 12.4 Å². The third-order valence-corrected chi connectivity index (χ3v) is 11.3. The molecule has 0 saturated carbocycles. The summed E-state index contributed by atoms with van der Waals surface area (Å²) in [6.07, 6.45) is 4.71. The van der Waals surface area contributed by atoms with Crippen molar-refractivity contribution in [1.29, 1.82) is 0 Å². The molecule has 0 aliphatic carbocycles. The van der Waals surface area contributed by atoms with Crippen molar-refractivity contribution in [3.05, 3.63) is 65.7 Å². The summed E-state index contributed by atoms with van der Waals surface area (Å²) in [5, 5.41) is 1.63. The molecule has 27 heavy (non-hydrogen) atoms. The first kappa shape index (κ1) is 18.6. The number of benzene rings is 2. The Balaban J connectivity index is 1.46. The van der Waals surface area contributed by atoms with Gasteiger partial charge in [0.1, 0.15) is 5.78 Å². The average molecular weight is 379 g/mol. The second kappa shape index (κ2) is 7.73. The van der Waals surface area contributed by atoms with Crippen LogP contribution < -0.4 is 5.19 Å². The molecule has 2 heterocycles. The summed E-state index contributed by atoms with van der Waals surface area (Å²) in [5.74, 6) is 0.466. The van der Waals surface area contributed by atoms with Gasteiger partial charge in [0.25, 0.3) is 0 Å². The molecule has 0 spiro atoms. The van der Waals surface area contributed by atoms with Crippen LogP contribution in [0.1, 0.15) is 43.2 Å². The standard InChI is InChI=1S/C24H30O2Si/c1-27-16-7-11-21(25)17-24(19-27,22-12-5-6-13-23(22)27)14-8-15-26-18-20-9-3-2-4-10-20/h2-6,9-10,12-13H,7-8,11,14-19H2,1H3/t24-,27?/m1/s1. The Hall–Kier alpha value is -1.71. The molecule has 3 heteroatoms. The predicted octanol–water partition coefficient (Wildman–Crippen LogP) is 4.97. The van der Waals surface area contributed by atoms with Crippen LogP contribution in [0, 0.1) is 0 Å². The highest BCUT2D eigenvalue weighted by molar-refractivity contribution is 6.92. The number of carbonyl (C=O) groups excluding carboxylic acids is 1. The van der Waals surface area contributed by atoms with E-state index in [0.717, 1.165) is 38.7 Å². The predicted molar refractivity (Wildman–Crippen MR) is 113 cm³/mol. The SMILES string of the molecule is C[Si]12CCCC(=O)C[C@](CCCOCc3ccccc3)(C1)c1ccccc12. The Morgan fingerprint density at radius 3 is 2.70 bits per heavy atom. The van der Waals surface area contributed by atoms with Crippen molar-refractivity contribution in [2.45, 2.75) is 62.8 Å². The number of Topliss-reactive ketones (excluding diaryl/α,β-unsaturated/α-hetero) is 1. The van der Waals surface area contributed by atoms with Crippen molar-refractivity contribution in [3.63, 3.8) is 0 Å². The lowest BCUT2D eigenvalue weighted by molar-refractivity contribution is -0.120. The summed E-state index contributed by atoms with van der Waals surface area (Å²) in [4.78, 5) is 12.6. The van der Waals surface area contributed by atoms with Gasteiger partial charge in [-0.3, -0.25) is 4.79 Å². The van der Waals surface area contributed by atoms with Gasteiger partial charge in [-0.15, -0.1) is 0 Å². The maximum Gasteiger partial charge on any atom is 0.133 e. The largest absolute Gasteiger partial charge is 0.377 e. The van der Waals surface area contributed by atoms with Gasteiger partial charge in [-0.1, -0.05) is 72.4 Å². The lowest BCUT2D eigenvalue weighted by atomic mass is 9.74. The molecule has 0 amide bonds. The molecule has 2 aliphatic heterocycles. The number of carbonyl (C=O) groups is 1. The van der Waals surface area contributed by atoms with Gasteiger partial charge in [-0.2, -0.15) is 0 Å². The molecule has 4 rings (SSSR count). The Labute approximate surface area is 164 Å². The van der Waals surface area contributed by atoms with Gasteiger partial charge in [-0.25, -0.2) is 0 Å². The number of ketones is 1. The minimum atomic E-state index is -1.46. The minimum Gasteiger partial charge on any atom is -0.377 e. The molecule has 0 aromatic heterocycles. The maximum atomic E-state index is 12.6. The van der Waals surface area contributed by atoms with E-state index in [1.807, 2.05) is 6.07 Å². The first-order chi connectivity index (χ1) is 13.1. The zero-order valence-corrected chi connectivity index (χ0v) is 17.4. The van der Waals surface area contributed by atoms with E-state index >= 15 is 0 Å². The van der Waals surface area contributed by atoms with E-state index < -0.39 is 8.07 Å².